The van der Waals surface area contributed by atoms with Gasteiger partial charge in [-0.05, 0) is 64.2 Å². The predicted molar refractivity (Wildman–Crippen MR) is 243 cm³/mol. The van der Waals surface area contributed by atoms with Crippen molar-refractivity contribution in [3.63, 3.8) is 0 Å². The van der Waals surface area contributed by atoms with Crippen LogP contribution in [0, 0.1) is 0 Å². The molecule has 0 saturated heterocycles. The molecule has 57 heavy (non-hydrogen) atoms. The van der Waals surface area contributed by atoms with E-state index in [2.05, 4.69) is 45.1 Å². The van der Waals surface area contributed by atoms with Crippen LogP contribution < -0.4 is 0 Å². The monoisotopic (exact) mass is 803 g/mol. The van der Waals surface area contributed by atoms with Gasteiger partial charge in [0.1, 0.15) is 13.2 Å². The SMILES string of the molecule is CCCC/C=C\CCCCCCCC(=O)OC[C@H](COC(=O)CCCCCCCCCCCCCCC)OC(=O)CCCCCCC/C=C\CCCCCCCC. The van der Waals surface area contributed by atoms with Crippen molar-refractivity contribution >= 4 is 17.9 Å². The smallest absolute Gasteiger partial charge is 0.306 e. The highest BCUT2D eigenvalue weighted by molar-refractivity contribution is 5.71. The summed E-state index contributed by atoms with van der Waals surface area (Å²) in [6.07, 6.45) is 51.5. The average molecular weight is 803 g/mol. The van der Waals surface area contributed by atoms with Crippen LogP contribution in [0.4, 0.5) is 0 Å². The van der Waals surface area contributed by atoms with Crippen LogP contribution in [0.5, 0.6) is 0 Å². The van der Waals surface area contributed by atoms with Crippen LogP contribution >= 0.6 is 0 Å². The molecule has 334 valence electrons. The van der Waals surface area contributed by atoms with Gasteiger partial charge in [-0.1, -0.05) is 206 Å². The first-order valence-corrected chi connectivity index (χ1v) is 24.8. The molecule has 0 bridgehead atoms. The van der Waals surface area contributed by atoms with Gasteiger partial charge in [-0.3, -0.25) is 14.4 Å². The van der Waals surface area contributed by atoms with Gasteiger partial charge in [0.2, 0.25) is 0 Å². The van der Waals surface area contributed by atoms with Crippen molar-refractivity contribution in [1.29, 1.82) is 0 Å². The van der Waals surface area contributed by atoms with Crippen LogP contribution in [0.2, 0.25) is 0 Å². The quantitative estimate of drug-likeness (QED) is 0.0264. The van der Waals surface area contributed by atoms with Crippen molar-refractivity contribution in [1.82, 2.24) is 0 Å². The largest absolute Gasteiger partial charge is 0.462 e. The highest BCUT2D eigenvalue weighted by Gasteiger charge is 2.19. The molecule has 0 aliphatic heterocycles. The van der Waals surface area contributed by atoms with E-state index in [0.717, 1.165) is 70.6 Å². The lowest BCUT2D eigenvalue weighted by atomic mass is 10.0. The maximum Gasteiger partial charge on any atom is 0.306 e. The fraction of sp³-hybridized carbons (Fsp3) is 0.863. The molecule has 0 N–H and O–H groups in total. The third kappa shape index (κ3) is 44.8. The summed E-state index contributed by atoms with van der Waals surface area (Å²) in [6.45, 7) is 6.59. The second kappa shape index (κ2) is 46.6. The van der Waals surface area contributed by atoms with Crippen LogP contribution in [-0.4, -0.2) is 37.2 Å². The minimum absolute atomic E-state index is 0.0738. The standard InChI is InChI=1S/C51H94O6/c1-4-7-10-13-16-19-22-24-25-27-30-33-36-39-42-45-51(54)57-48(46-55-49(52)43-40-37-34-31-28-21-18-15-12-9-6-3)47-56-50(53)44-41-38-35-32-29-26-23-20-17-14-11-8-5-2/h15,18,24-25,48H,4-14,16-17,19-23,26-47H2,1-3H3/b18-15-,25-24-/t48-/m1/s1. The van der Waals surface area contributed by atoms with E-state index >= 15 is 0 Å². The molecule has 0 amide bonds. The first-order valence-electron chi connectivity index (χ1n) is 24.8. The Morgan fingerprint density at radius 2 is 0.596 bits per heavy atom. The molecule has 0 radical (unpaired) electrons. The number of hydrogen-bond acceptors (Lipinski definition) is 6. The molecule has 0 aliphatic rings. The third-order valence-electron chi connectivity index (χ3n) is 10.9. The molecule has 0 saturated carbocycles. The zero-order chi connectivity index (χ0) is 41.5. The van der Waals surface area contributed by atoms with Gasteiger partial charge in [0, 0.05) is 19.3 Å². The van der Waals surface area contributed by atoms with Crippen molar-refractivity contribution in [2.75, 3.05) is 13.2 Å². The molecule has 0 aliphatic carbocycles. The zero-order valence-corrected chi connectivity index (χ0v) is 38.1. The van der Waals surface area contributed by atoms with Gasteiger partial charge in [-0.15, -0.1) is 0 Å². The molecular weight excluding hydrogens is 709 g/mol. The summed E-state index contributed by atoms with van der Waals surface area (Å²) in [5.41, 5.74) is 0. The molecule has 0 heterocycles. The van der Waals surface area contributed by atoms with E-state index in [1.165, 1.54) is 154 Å². The molecule has 0 aromatic carbocycles. The van der Waals surface area contributed by atoms with Gasteiger partial charge in [-0.25, -0.2) is 0 Å². The number of carbonyl (C=O) groups is 3. The van der Waals surface area contributed by atoms with E-state index in [4.69, 9.17) is 14.2 Å². The number of rotatable bonds is 45. The lowest BCUT2D eigenvalue weighted by molar-refractivity contribution is -0.167. The molecule has 0 unspecified atom stereocenters. The maximum atomic E-state index is 12.8. The topological polar surface area (TPSA) is 78.9 Å². The predicted octanol–water partition coefficient (Wildman–Crippen LogP) is 16.0. The highest BCUT2D eigenvalue weighted by atomic mass is 16.6. The van der Waals surface area contributed by atoms with E-state index in [1.807, 2.05) is 0 Å². The van der Waals surface area contributed by atoms with Crippen LogP contribution in [0.1, 0.15) is 265 Å². The van der Waals surface area contributed by atoms with Crippen molar-refractivity contribution in [2.24, 2.45) is 0 Å². The van der Waals surface area contributed by atoms with Crippen LogP contribution in [-0.2, 0) is 28.6 Å². The van der Waals surface area contributed by atoms with Crippen LogP contribution in [0.25, 0.3) is 0 Å². The Labute approximate surface area is 353 Å². The molecular formula is C51H94O6. The molecule has 0 aromatic heterocycles. The number of unbranched alkanes of at least 4 members (excludes halogenated alkanes) is 30. The number of hydrogen-bond donors (Lipinski definition) is 0. The highest BCUT2D eigenvalue weighted by Crippen LogP contribution is 2.15. The molecule has 0 aromatic rings. The van der Waals surface area contributed by atoms with E-state index < -0.39 is 6.10 Å². The molecule has 0 spiro atoms. The Morgan fingerprint density at radius 3 is 0.930 bits per heavy atom. The Kier molecular flexibility index (Phi) is 44.9. The van der Waals surface area contributed by atoms with E-state index in [1.54, 1.807) is 0 Å². The summed E-state index contributed by atoms with van der Waals surface area (Å²) in [4.78, 5) is 37.8. The fourth-order valence-corrected chi connectivity index (χ4v) is 7.12. The van der Waals surface area contributed by atoms with E-state index in [9.17, 15) is 14.4 Å². The second-order valence-corrected chi connectivity index (χ2v) is 16.7. The summed E-state index contributed by atoms with van der Waals surface area (Å²) in [5.74, 6) is -0.883. The second-order valence-electron chi connectivity index (χ2n) is 16.7. The van der Waals surface area contributed by atoms with Crippen molar-refractivity contribution in [3.05, 3.63) is 24.3 Å². The third-order valence-corrected chi connectivity index (χ3v) is 10.9. The number of ether oxygens (including phenoxy) is 3. The molecule has 6 nitrogen and oxygen atoms in total. The zero-order valence-electron chi connectivity index (χ0n) is 38.1. The van der Waals surface area contributed by atoms with Crippen molar-refractivity contribution < 1.29 is 28.6 Å². The summed E-state index contributed by atoms with van der Waals surface area (Å²) >= 11 is 0. The van der Waals surface area contributed by atoms with Gasteiger partial charge in [0.05, 0.1) is 0 Å². The summed E-state index contributed by atoms with van der Waals surface area (Å²) in [6, 6.07) is 0. The summed E-state index contributed by atoms with van der Waals surface area (Å²) in [5, 5.41) is 0. The number of esters is 3. The maximum absolute atomic E-state index is 12.8. The minimum atomic E-state index is -0.773. The molecule has 6 heteroatoms. The minimum Gasteiger partial charge on any atom is -0.462 e. The molecule has 0 rings (SSSR count). The summed E-state index contributed by atoms with van der Waals surface area (Å²) < 4.78 is 16.7. The summed E-state index contributed by atoms with van der Waals surface area (Å²) in [7, 11) is 0. The Hall–Kier alpha value is -2.11. The first kappa shape index (κ1) is 54.9. The van der Waals surface area contributed by atoms with Gasteiger partial charge >= 0.3 is 17.9 Å². The van der Waals surface area contributed by atoms with Crippen molar-refractivity contribution in [3.8, 4) is 0 Å². The van der Waals surface area contributed by atoms with Gasteiger partial charge in [0.15, 0.2) is 6.10 Å². The lowest BCUT2D eigenvalue weighted by Crippen LogP contribution is -2.30. The molecule has 1 atom stereocenters. The van der Waals surface area contributed by atoms with E-state index in [0.29, 0.717) is 19.3 Å². The lowest BCUT2D eigenvalue weighted by Gasteiger charge is -2.18. The van der Waals surface area contributed by atoms with E-state index in [-0.39, 0.29) is 31.1 Å². The van der Waals surface area contributed by atoms with Crippen LogP contribution in [0.3, 0.4) is 0 Å². The Balaban J connectivity index is 4.36. The Bertz CT molecular complexity index is 927. The number of carbonyl (C=O) groups excluding carboxylic acids is 3. The van der Waals surface area contributed by atoms with Gasteiger partial charge in [0.25, 0.3) is 0 Å². The first-order chi connectivity index (χ1) is 28.0. The molecule has 0 fully saturated rings. The normalized spacial score (nSPS) is 12.1. The average Bonchev–Trinajstić information content (AvgIpc) is 3.21. The fourth-order valence-electron chi connectivity index (χ4n) is 7.12. The van der Waals surface area contributed by atoms with Gasteiger partial charge < -0.3 is 14.2 Å². The number of allylic oxidation sites excluding steroid dienone is 4. The Morgan fingerprint density at radius 1 is 0.333 bits per heavy atom. The van der Waals surface area contributed by atoms with Crippen molar-refractivity contribution in [2.45, 2.75) is 271 Å². The van der Waals surface area contributed by atoms with Crippen LogP contribution in [0.15, 0.2) is 24.3 Å². The van der Waals surface area contributed by atoms with Gasteiger partial charge in [-0.2, -0.15) is 0 Å².